The Hall–Kier alpha value is -3.13. The second-order valence-electron chi connectivity index (χ2n) is 4.30. The van der Waals surface area contributed by atoms with Gasteiger partial charge in [-0.2, -0.15) is 5.26 Å². The van der Waals surface area contributed by atoms with Gasteiger partial charge in [-0.3, -0.25) is 9.78 Å². The molecule has 2 aromatic heterocycles. The van der Waals surface area contributed by atoms with E-state index in [0.717, 1.165) is 0 Å². The van der Waals surface area contributed by atoms with Gasteiger partial charge in [0.1, 0.15) is 17.4 Å². The summed E-state index contributed by atoms with van der Waals surface area (Å²) in [5.74, 6) is 0.131. The zero-order valence-electron chi connectivity index (χ0n) is 10.3. The van der Waals surface area contributed by atoms with Crippen LogP contribution in [0.2, 0.25) is 0 Å². The topological polar surface area (TPSA) is 89.8 Å². The number of pyridine rings is 2. The lowest BCUT2D eigenvalue weighted by Gasteiger charge is -2.06. The summed E-state index contributed by atoms with van der Waals surface area (Å²) in [7, 11) is 0. The molecule has 3 rings (SSSR count). The number of aromatic hydroxyl groups is 1. The van der Waals surface area contributed by atoms with Gasteiger partial charge < -0.3 is 10.1 Å². The minimum absolute atomic E-state index is 0.0342. The third-order valence-electron chi connectivity index (χ3n) is 3.01. The Bertz CT molecular complexity index is 907. The zero-order chi connectivity index (χ0) is 14.1. The van der Waals surface area contributed by atoms with Crippen LogP contribution in [0.3, 0.4) is 0 Å². The maximum atomic E-state index is 11.6. The summed E-state index contributed by atoms with van der Waals surface area (Å²) in [5, 5.41) is 19.2. The second kappa shape index (κ2) is 4.52. The van der Waals surface area contributed by atoms with Crippen LogP contribution in [-0.4, -0.2) is 15.1 Å². The van der Waals surface area contributed by atoms with E-state index in [1.165, 1.54) is 6.07 Å². The average Bonchev–Trinajstić information content (AvgIpc) is 2.45. The molecule has 2 N–H and O–H groups in total. The van der Waals surface area contributed by atoms with E-state index < -0.39 is 5.56 Å². The van der Waals surface area contributed by atoms with E-state index in [1.807, 2.05) is 6.07 Å². The number of phenols is 1. The number of H-pyrrole nitrogens is 1. The van der Waals surface area contributed by atoms with Gasteiger partial charge in [0.15, 0.2) is 0 Å². The maximum absolute atomic E-state index is 11.6. The first kappa shape index (κ1) is 11.9. The normalized spacial score (nSPS) is 10.3. The lowest BCUT2D eigenvalue weighted by Crippen LogP contribution is -2.09. The van der Waals surface area contributed by atoms with Crippen molar-refractivity contribution in [2.75, 3.05) is 0 Å². The lowest BCUT2D eigenvalue weighted by atomic mass is 10.1. The van der Waals surface area contributed by atoms with Crippen molar-refractivity contribution in [2.24, 2.45) is 0 Å². The molecule has 5 heteroatoms. The van der Waals surface area contributed by atoms with Gasteiger partial charge in [0.05, 0.1) is 11.2 Å². The Morgan fingerprint density at radius 1 is 1.25 bits per heavy atom. The molecule has 5 nitrogen and oxygen atoms in total. The Labute approximate surface area is 113 Å². The number of nitriles is 1. The first-order chi connectivity index (χ1) is 9.69. The van der Waals surface area contributed by atoms with Crippen LogP contribution >= 0.6 is 0 Å². The van der Waals surface area contributed by atoms with Crippen LogP contribution < -0.4 is 5.56 Å². The van der Waals surface area contributed by atoms with Crippen molar-refractivity contribution in [3.63, 3.8) is 0 Å². The van der Waals surface area contributed by atoms with Crippen LogP contribution in [0.15, 0.2) is 47.4 Å². The predicted octanol–water partition coefficient (Wildman–Crippen LogP) is 2.17. The lowest BCUT2D eigenvalue weighted by molar-refractivity contribution is 0.475. The fourth-order valence-corrected chi connectivity index (χ4v) is 2.09. The van der Waals surface area contributed by atoms with Crippen molar-refractivity contribution in [1.82, 2.24) is 9.97 Å². The van der Waals surface area contributed by atoms with Crippen molar-refractivity contribution in [1.29, 1.82) is 5.26 Å². The number of aromatic amines is 1. The van der Waals surface area contributed by atoms with Crippen molar-refractivity contribution >= 4 is 10.9 Å². The molecule has 1 aromatic carbocycles. The number of benzene rings is 1. The molecule has 0 aliphatic carbocycles. The van der Waals surface area contributed by atoms with Gasteiger partial charge in [0.25, 0.3) is 5.56 Å². The van der Waals surface area contributed by atoms with Crippen LogP contribution in [0, 0.1) is 11.3 Å². The highest BCUT2D eigenvalue weighted by atomic mass is 16.3. The fourth-order valence-electron chi connectivity index (χ4n) is 2.09. The third-order valence-corrected chi connectivity index (χ3v) is 3.01. The van der Waals surface area contributed by atoms with Crippen LogP contribution in [0.4, 0.5) is 0 Å². The van der Waals surface area contributed by atoms with E-state index >= 15 is 0 Å². The SMILES string of the molecule is N#Cc1cc2c(-c3cccc(O)c3)nccc2[nH]c1=O. The van der Waals surface area contributed by atoms with Gasteiger partial charge in [0.2, 0.25) is 0 Å². The molecular weight excluding hydrogens is 254 g/mol. The number of nitrogens with zero attached hydrogens (tertiary/aromatic N) is 2. The summed E-state index contributed by atoms with van der Waals surface area (Å²) >= 11 is 0. The quantitative estimate of drug-likeness (QED) is 0.704. The Balaban J connectivity index is 2.37. The minimum atomic E-state index is -0.423. The van der Waals surface area contributed by atoms with Crippen LogP contribution in [-0.2, 0) is 0 Å². The highest BCUT2D eigenvalue weighted by molar-refractivity contribution is 5.92. The Kier molecular flexibility index (Phi) is 2.70. The molecule has 2 heterocycles. The molecule has 0 aliphatic rings. The Morgan fingerprint density at radius 3 is 2.85 bits per heavy atom. The number of fused-ring (bicyclic) bond motifs is 1. The summed E-state index contributed by atoms with van der Waals surface area (Å²) in [4.78, 5) is 18.6. The first-order valence-electron chi connectivity index (χ1n) is 5.90. The number of phenolic OH excluding ortho intramolecular Hbond substituents is 1. The van der Waals surface area contributed by atoms with E-state index in [4.69, 9.17) is 5.26 Å². The predicted molar refractivity (Wildman–Crippen MR) is 74.2 cm³/mol. The summed E-state index contributed by atoms with van der Waals surface area (Å²) in [6.07, 6.45) is 1.57. The average molecular weight is 263 g/mol. The van der Waals surface area contributed by atoms with E-state index in [0.29, 0.717) is 22.2 Å². The molecule has 20 heavy (non-hydrogen) atoms. The second-order valence-corrected chi connectivity index (χ2v) is 4.30. The van der Waals surface area contributed by atoms with Gasteiger partial charge in [-0.15, -0.1) is 0 Å². The summed E-state index contributed by atoms with van der Waals surface area (Å²) in [6.45, 7) is 0. The van der Waals surface area contributed by atoms with Crippen molar-refractivity contribution in [3.05, 3.63) is 58.5 Å². The van der Waals surface area contributed by atoms with Gasteiger partial charge in [-0.05, 0) is 24.3 Å². The van der Waals surface area contributed by atoms with Crippen molar-refractivity contribution in [2.45, 2.75) is 0 Å². The molecule has 0 unspecified atom stereocenters. The maximum Gasteiger partial charge on any atom is 0.266 e. The molecule has 0 saturated heterocycles. The highest BCUT2D eigenvalue weighted by Crippen LogP contribution is 2.27. The summed E-state index contributed by atoms with van der Waals surface area (Å²) < 4.78 is 0. The standard InChI is InChI=1S/C15H9N3O2/c16-8-10-7-12-13(18-15(10)20)4-5-17-14(12)9-2-1-3-11(19)6-9/h1-7,19H,(H,18,20). The highest BCUT2D eigenvalue weighted by Gasteiger charge is 2.09. The monoisotopic (exact) mass is 263 g/mol. The molecule has 0 atom stereocenters. The fraction of sp³-hybridized carbons (Fsp3) is 0. The van der Waals surface area contributed by atoms with E-state index in [9.17, 15) is 9.90 Å². The van der Waals surface area contributed by atoms with Gasteiger partial charge in [-0.25, -0.2) is 0 Å². The zero-order valence-corrected chi connectivity index (χ0v) is 10.3. The van der Waals surface area contributed by atoms with Crippen LogP contribution in [0.25, 0.3) is 22.2 Å². The number of aromatic nitrogens is 2. The van der Waals surface area contributed by atoms with E-state index in [-0.39, 0.29) is 11.3 Å². The molecule has 0 spiro atoms. The van der Waals surface area contributed by atoms with Crippen LogP contribution in [0.1, 0.15) is 5.56 Å². The van der Waals surface area contributed by atoms with Gasteiger partial charge in [0, 0.05) is 17.1 Å². The van der Waals surface area contributed by atoms with E-state index in [1.54, 1.807) is 36.5 Å². The molecule has 0 radical (unpaired) electrons. The number of rotatable bonds is 1. The molecule has 0 saturated carbocycles. The number of nitrogens with one attached hydrogen (secondary N) is 1. The van der Waals surface area contributed by atoms with Crippen LogP contribution in [0.5, 0.6) is 5.75 Å². The summed E-state index contributed by atoms with van der Waals surface area (Å²) in [6, 6.07) is 11.7. The summed E-state index contributed by atoms with van der Waals surface area (Å²) in [5.41, 5.74) is 1.53. The largest absolute Gasteiger partial charge is 0.508 e. The molecular formula is C15H9N3O2. The van der Waals surface area contributed by atoms with Gasteiger partial charge >= 0.3 is 0 Å². The van der Waals surface area contributed by atoms with Gasteiger partial charge in [-0.1, -0.05) is 12.1 Å². The smallest absolute Gasteiger partial charge is 0.266 e. The van der Waals surface area contributed by atoms with E-state index in [2.05, 4.69) is 9.97 Å². The molecule has 0 bridgehead atoms. The molecule has 0 aliphatic heterocycles. The first-order valence-corrected chi connectivity index (χ1v) is 5.90. The Morgan fingerprint density at radius 2 is 2.10 bits per heavy atom. The molecule has 96 valence electrons. The molecule has 3 aromatic rings. The number of hydrogen-bond acceptors (Lipinski definition) is 4. The third kappa shape index (κ3) is 1.89. The minimum Gasteiger partial charge on any atom is -0.508 e. The van der Waals surface area contributed by atoms with Crippen molar-refractivity contribution < 1.29 is 5.11 Å². The molecule has 0 fully saturated rings. The number of hydrogen-bond donors (Lipinski definition) is 2. The molecule has 0 amide bonds. The van der Waals surface area contributed by atoms with Crippen molar-refractivity contribution in [3.8, 4) is 23.1 Å².